The molecule has 1 aliphatic carbocycles. The van der Waals surface area contributed by atoms with Crippen molar-refractivity contribution in [2.24, 2.45) is 0 Å². The number of aromatic nitrogens is 2. The zero-order valence-corrected chi connectivity index (χ0v) is 12.9. The van der Waals surface area contributed by atoms with Gasteiger partial charge in [-0.15, -0.1) is 0 Å². The van der Waals surface area contributed by atoms with E-state index in [0.29, 0.717) is 23.7 Å². The van der Waals surface area contributed by atoms with Gasteiger partial charge >= 0.3 is 5.97 Å². The lowest BCUT2D eigenvalue weighted by Gasteiger charge is -2.09. The molecular weight excluding hydrogens is 296 g/mol. The Morgan fingerprint density at radius 2 is 2.00 bits per heavy atom. The summed E-state index contributed by atoms with van der Waals surface area (Å²) in [6.07, 6.45) is 5.09. The molecule has 0 spiro atoms. The first-order valence-electron chi connectivity index (χ1n) is 7.19. The summed E-state index contributed by atoms with van der Waals surface area (Å²) in [5, 5.41) is 3.99. The first-order chi connectivity index (χ1) is 11.2. The molecule has 118 valence electrons. The number of allylic oxidation sites excluding steroid dienone is 3. The van der Waals surface area contributed by atoms with Gasteiger partial charge in [-0.05, 0) is 43.2 Å². The third kappa shape index (κ3) is 3.15. The highest BCUT2D eigenvalue weighted by Gasteiger charge is 2.18. The molecule has 0 fully saturated rings. The van der Waals surface area contributed by atoms with Gasteiger partial charge in [-0.2, -0.15) is 4.98 Å². The van der Waals surface area contributed by atoms with E-state index in [1.807, 2.05) is 30.3 Å². The Bertz CT molecular complexity index is 772. The fraction of sp³-hybridized carbons (Fsp3) is 0.235. The molecule has 6 heteroatoms. The molecule has 0 radical (unpaired) electrons. The van der Waals surface area contributed by atoms with Crippen molar-refractivity contribution in [1.82, 2.24) is 10.1 Å². The molecule has 0 atom stereocenters. The molecular formula is C17H16N2O4. The van der Waals surface area contributed by atoms with E-state index in [4.69, 9.17) is 14.0 Å². The number of hydrogen-bond acceptors (Lipinski definition) is 6. The number of carbonyl (C=O) groups excluding carboxylic acids is 1. The van der Waals surface area contributed by atoms with Gasteiger partial charge in [-0.3, -0.25) is 0 Å². The molecule has 6 nitrogen and oxygen atoms in total. The Kier molecular flexibility index (Phi) is 4.23. The summed E-state index contributed by atoms with van der Waals surface area (Å²) in [5.74, 6) is 1.31. The molecule has 0 N–H and O–H groups in total. The predicted octanol–water partition coefficient (Wildman–Crippen LogP) is 3.02. The van der Waals surface area contributed by atoms with Gasteiger partial charge in [-0.25, -0.2) is 4.79 Å². The second-order valence-electron chi connectivity index (χ2n) is 5.01. The summed E-state index contributed by atoms with van der Waals surface area (Å²) in [6.45, 7) is 0. The van der Waals surface area contributed by atoms with Crippen LogP contribution in [-0.2, 0) is 9.53 Å². The Balaban J connectivity index is 1.85. The molecule has 23 heavy (non-hydrogen) atoms. The lowest BCUT2D eigenvalue weighted by atomic mass is 9.99. The number of ether oxygens (including phenoxy) is 2. The Hall–Kier alpha value is -2.89. The van der Waals surface area contributed by atoms with Crippen molar-refractivity contribution in [1.29, 1.82) is 0 Å². The summed E-state index contributed by atoms with van der Waals surface area (Å²) in [5.41, 5.74) is 2.17. The summed E-state index contributed by atoms with van der Waals surface area (Å²) in [6, 6.07) is 7.39. The highest BCUT2D eigenvalue weighted by Crippen LogP contribution is 2.27. The number of nitrogens with zero attached hydrogens (tertiary/aromatic N) is 2. The average molecular weight is 312 g/mol. The van der Waals surface area contributed by atoms with Crippen molar-refractivity contribution in [3.8, 4) is 17.1 Å². The molecule has 0 saturated carbocycles. The van der Waals surface area contributed by atoms with Crippen LogP contribution in [0.2, 0.25) is 0 Å². The quantitative estimate of drug-likeness (QED) is 0.808. The molecule has 1 aromatic heterocycles. The maximum absolute atomic E-state index is 11.6. The third-order valence-electron chi connectivity index (χ3n) is 3.58. The largest absolute Gasteiger partial charge is 0.497 e. The molecule has 2 aromatic rings. The van der Waals surface area contributed by atoms with Crippen LogP contribution in [0.25, 0.3) is 17.0 Å². The Labute approximate surface area is 133 Å². The van der Waals surface area contributed by atoms with Crippen LogP contribution in [0.4, 0.5) is 0 Å². The SMILES string of the molecule is COC(=O)C1=CC(c2nc(-c3ccc(OC)cc3)no2)=CCC1. The molecule has 1 aliphatic rings. The minimum atomic E-state index is -0.328. The number of rotatable bonds is 4. The highest BCUT2D eigenvalue weighted by molar-refractivity contribution is 5.92. The third-order valence-corrected chi connectivity index (χ3v) is 3.58. The maximum Gasteiger partial charge on any atom is 0.333 e. The molecule has 0 amide bonds. The second kappa shape index (κ2) is 6.48. The number of carbonyl (C=O) groups is 1. The van der Waals surface area contributed by atoms with Crippen molar-refractivity contribution < 1.29 is 18.8 Å². The van der Waals surface area contributed by atoms with Crippen LogP contribution in [0.3, 0.4) is 0 Å². The summed E-state index contributed by atoms with van der Waals surface area (Å²) in [7, 11) is 2.98. The monoisotopic (exact) mass is 312 g/mol. The van der Waals surface area contributed by atoms with E-state index in [-0.39, 0.29) is 5.97 Å². The van der Waals surface area contributed by atoms with Crippen LogP contribution in [0, 0.1) is 0 Å². The van der Waals surface area contributed by atoms with Gasteiger partial charge in [0.1, 0.15) is 5.75 Å². The van der Waals surface area contributed by atoms with Crippen LogP contribution < -0.4 is 4.74 Å². The van der Waals surface area contributed by atoms with Gasteiger partial charge in [0.25, 0.3) is 5.89 Å². The van der Waals surface area contributed by atoms with Gasteiger partial charge in [0.2, 0.25) is 5.82 Å². The molecule has 0 unspecified atom stereocenters. The summed E-state index contributed by atoms with van der Waals surface area (Å²) in [4.78, 5) is 16.0. The summed E-state index contributed by atoms with van der Waals surface area (Å²) >= 11 is 0. The lowest BCUT2D eigenvalue weighted by Crippen LogP contribution is -2.07. The highest BCUT2D eigenvalue weighted by atomic mass is 16.5. The zero-order valence-electron chi connectivity index (χ0n) is 12.9. The van der Waals surface area contributed by atoms with Gasteiger partial charge in [0, 0.05) is 16.7 Å². The van der Waals surface area contributed by atoms with E-state index < -0.39 is 0 Å². The molecule has 0 bridgehead atoms. The van der Waals surface area contributed by atoms with E-state index >= 15 is 0 Å². The number of methoxy groups -OCH3 is 2. The standard InChI is InChI=1S/C17H16N2O4/c1-21-14-8-6-11(7-9-14)15-18-16(23-19-15)12-4-3-5-13(10-12)17(20)22-2/h4,6-10H,3,5H2,1-2H3. The van der Waals surface area contributed by atoms with E-state index in [1.54, 1.807) is 13.2 Å². The molecule has 1 heterocycles. The lowest BCUT2D eigenvalue weighted by molar-refractivity contribution is -0.136. The minimum absolute atomic E-state index is 0.328. The van der Waals surface area contributed by atoms with Crippen molar-refractivity contribution >= 4 is 11.5 Å². The first-order valence-corrected chi connectivity index (χ1v) is 7.19. The van der Waals surface area contributed by atoms with Gasteiger partial charge in [0.15, 0.2) is 0 Å². The number of hydrogen-bond donors (Lipinski definition) is 0. The van der Waals surface area contributed by atoms with E-state index in [0.717, 1.165) is 23.3 Å². The van der Waals surface area contributed by atoms with Gasteiger partial charge in [0.05, 0.1) is 14.2 Å². The van der Waals surface area contributed by atoms with Crippen LogP contribution in [0.15, 0.2) is 46.5 Å². The topological polar surface area (TPSA) is 74.5 Å². The van der Waals surface area contributed by atoms with Gasteiger partial charge in [-0.1, -0.05) is 11.2 Å². The van der Waals surface area contributed by atoms with Crippen LogP contribution in [0.5, 0.6) is 5.75 Å². The van der Waals surface area contributed by atoms with E-state index in [9.17, 15) is 4.79 Å². The summed E-state index contributed by atoms with van der Waals surface area (Å²) < 4.78 is 15.2. The van der Waals surface area contributed by atoms with E-state index in [2.05, 4.69) is 10.1 Å². The first kappa shape index (κ1) is 15.0. The normalized spacial score (nSPS) is 14.0. The Morgan fingerprint density at radius 3 is 2.70 bits per heavy atom. The second-order valence-corrected chi connectivity index (χ2v) is 5.01. The molecule has 0 saturated heterocycles. The minimum Gasteiger partial charge on any atom is -0.497 e. The van der Waals surface area contributed by atoms with Crippen molar-refractivity contribution in [2.75, 3.05) is 14.2 Å². The predicted molar refractivity (Wildman–Crippen MR) is 83.6 cm³/mol. The molecule has 3 rings (SSSR count). The maximum atomic E-state index is 11.6. The van der Waals surface area contributed by atoms with Crippen LogP contribution >= 0.6 is 0 Å². The van der Waals surface area contributed by atoms with Gasteiger partial charge < -0.3 is 14.0 Å². The van der Waals surface area contributed by atoms with E-state index in [1.165, 1.54) is 7.11 Å². The Morgan fingerprint density at radius 1 is 1.22 bits per heavy atom. The fourth-order valence-corrected chi connectivity index (χ4v) is 2.34. The van der Waals surface area contributed by atoms with Crippen molar-refractivity contribution in [2.45, 2.75) is 12.8 Å². The van der Waals surface area contributed by atoms with Crippen molar-refractivity contribution in [3.05, 3.63) is 47.9 Å². The fourth-order valence-electron chi connectivity index (χ4n) is 2.34. The van der Waals surface area contributed by atoms with Crippen molar-refractivity contribution in [3.63, 3.8) is 0 Å². The number of benzene rings is 1. The smallest absolute Gasteiger partial charge is 0.333 e. The molecule has 0 aliphatic heterocycles. The zero-order chi connectivity index (χ0) is 16.2. The average Bonchev–Trinajstić information content (AvgIpc) is 3.11. The molecule has 1 aromatic carbocycles. The number of esters is 1. The van der Waals surface area contributed by atoms with Crippen LogP contribution in [-0.4, -0.2) is 30.3 Å². The van der Waals surface area contributed by atoms with Crippen LogP contribution in [0.1, 0.15) is 18.7 Å².